The van der Waals surface area contributed by atoms with Crippen LogP contribution in [0.5, 0.6) is 0 Å². The third kappa shape index (κ3) is 6.94. The molecule has 0 heterocycles. The van der Waals surface area contributed by atoms with E-state index in [1.54, 1.807) is 0 Å². The van der Waals surface area contributed by atoms with Gasteiger partial charge >= 0.3 is 0 Å². The van der Waals surface area contributed by atoms with Gasteiger partial charge in [0.15, 0.2) is 5.78 Å². The third-order valence-electron chi connectivity index (χ3n) is 4.46. The first kappa shape index (κ1) is 24.1. The van der Waals surface area contributed by atoms with Gasteiger partial charge in [0, 0.05) is 0 Å². The second-order valence-electron chi connectivity index (χ2n) is 6.75. The Balaban J connectivity index is 2.23. The van der Waals surface area contributed by atoms with E-state index < -0.39 is 62.7 Å². The van der Waals surface area contributed by atoms with Crippen molar-refractivity contribution in [1.82, 2.24) is 0 Å². The van der Waals surface area contributed by atoms with Gasteiger partial charge in [-0.05, 0) is 22.3 Å². The van der Waals surface area contributed by atoms with Crippen LogP contribution in [0.4, 0.5) is 8.78 Å². The van der Waals surface area contributed by atoms with Crippen LogP contribution in [-0.2, 0) is 36.5 Å². The molecule has 2 unspecified atom stereocenters. The van der Waals surface area contributed by atoms with Gasteiger partial charge in [-0.2, -0.15) is 16.8 Å². The minimum atomic E-state index is -4.24. The summed E-state index contributed by atoms with van der Waals surface area (Å²) in [4.78, 5) is 12.8. The second-order valence-corrected chi connectivity index (χ2v) is 9.66. The number of halogens is 2. The van der Waals surface area contributed by atoms with Gasteiger partial charge in [0.05, 0.1) is 11.8 Å². The molecule has 7 nitrogen and oxygen atoms in total. The van der Waals surface area contributed by atoms with Crippen molar-refractivity contribution in [3.63, 3.8) is 0 Å². The van der Waals surface area contributed by atoms with Crippen LogP contribution in [0, 0.1) is 0 Å². The lowest BCUT2D eigenvalue weighted by Crippen LogP contribution is -2.24. The molecule has 0 aliphatic rings. The molecule has 0 saturated heterocycles. The first-order chi connectivity index (χ1) is 13.9. The molecule has 0 aromatic heterocycles. The van der Waals surface area contributed by atoms with Crippen LogP contribution in [0.25, 0.3) is 0 Å². The predicted molar refractivity (Wildman–Crippen MR) is 106 cm³/mol. The van der Waals surface area contributed by atoms with Gasteiger partial charge in [0.2, 0.25) is 0 Å². The lowest BCUT2D eigenvalue weighted by molar-refractivity contribution is -0.122. The number of ketones is 1. The molecule has 0 bridgehead atoms. The summed E-state index contributed by atoms with van der Waals surface area (Å²) in [5.41, 5.74) is 0.927. The monoisotopic (exact) mass is 462 g/mol. The highest BCUT2D eigenvalue weighted by Gasteiger charge is 2.30. The van der Waals surface area contributed by atoms with E-state index in [9.17, 15) is 30.4 Å². The zero-order chi connectivity index (χ0) is 22.5. The Kier molecular flexibility index (Phi) is 7.81. The van der Waals surface area contributed by atoms with Crippen molar-refractivity contribution in [2.75, 3.05) is 13.3 Å². The predicted octanol–water partition coefficient (Wildman–Crippen LogP) is 2.84. The number of carbonyl (C=O) groups excluding carboxylic acids is 1. The van der Waals surface area contributed by atoms with Gasteiger partial charge in [0.1, 0.15) is 24.9 Å². The summed E-state index contributed by atoms with van der Waals surface area (Å²) in [6.07, 6.45) is 0. The first-order valence-corrected chi connectivity index (χ1v) is 11.9. The third-order valence-corrected chi connectivity index (χ3v) is 5.85. The van der Waals surface area contributed by atoms with Crippen LogP contribution in [0.2, 0.25) is 0 Å². The van der Waals surface area contributed by atoms with Crippen molar-refractivity contribution in [2.24, 2.45) is 0 Å². The van der Waals surface area contributed by atoms with E-state index in [2.05, 4.69) is 0 Å². The molecule has 11 heteroatoms. The highest BCUT2D eigenvalue weighted by Crippen LogP contribution is 2.28. The number of carbonyl (C=O) groups is 1. The fraction of sp³-hybridized carbons (Fsp3) is 0.316. The largest absolute Gasteiger partial charge is 0.298 e. The zero-order valence-corrected chi connectivity index (χ0v) is 17.2. The van der Waals surface area contributed by atoms with Crippen molar-refractivity contribution in [1.29, 1.82) is 0 Å². The number of rotatable bonds is 10. The Morgan fingerprint density at radius 2 is 1.00 bits per heavy atom. The molecule has 2 rings (SSSR count). The Hall–Kier alpha value is -2.21. The highest BCUT2D eigenvalue weighted by molar-refractivity contribution is 7.85. The number of alkyl halides is 2. The zero-order valence-electron chi connectivity index (χ0n) is 15.6. The molecule has 2 N–H and O–H groups in total. The van der Waals surface area contributed by atoms with E-state index in [4.69, 9.17) is 9.11 Å². The molecule has 0 amide bonds. The minimum Gasteiger partial charge on any atom is -0.298 e. The lowest BCUT2D eigenvalue weighted by Gasteiger charge is -2.19. The normalized spacial score (nSPS) is 14.3. The van der Waals surface area contributed by atoms with E-state index in [0.29, 0.717) is 0 Å². The molecule has 2 aromatic carbocycles. The molecule has 0 aliphatic carbocycles. The SMILES string of the molecule is O=C(C(CF)c1ccc(CS(=O)(=O)O)cc1)C(CF)c1ccc(CS(=O)(=O)O)cc1. The van der Waals surface area contributed by atoms with Gasteiger partial charge in [-0.3, -0.25) is 13.9 Å². The Morgan fingerprint density at radius 3 is 1.23 bits per heavy atom. The Labute approximate surface area is 173 Å². The lowest BCUT2D eigenvalue weighted by atomic mass is 9.84. The molecule has 30 heavy (non-hydrogen) atoms. The van der Waals surface area contributed by atoms with E-state index in [1.807, 2.05) is 0 Å². The second kappa shape index (κ2) is 9.73. The molecule has 0 aliphatic heterocycles. The van der Waals surface area contributed by atoms with E-state index in [1.165, 1.54) is 48.5 Å². The van der Waals surface area contributed by atoms with Crippen LogP contribution in [0.15, 0.2) is 48.5 Å². The molecular weight excluding hydrogens is 442 g/mol. The van der Waals surface area contributed by atoms with Crippen molar-refractivity contribution in [3.05, 3.63) is 70.8 Å². The van der Waals surface area contributed by atoms with Crippen molar-refractivity contribution in [3.8, 4) is 0 Å². The summed E-state index contributed by atoms with van der Waals surface area (Å²) < 4.78 is 88.7. The molecule has 164 valence electrons. The van der Waals surface area contributed by atoms with Gasteiger partial charge in [0.25, 0.3) is 20.2 Å². The Bertz CT molecular complexity index is 993. The topological polar surface area (TPSA) is 126 Å². The summed E-state index contributed by atoms with van der Waals surface area (Å²) in [7, 11) is -8.49. The van der Waals surface area contributed by atoms with Gasteiger partial charge in [-0.1, -0.05) is 48.5 Å². The average Bonchev–Trinajstić information content (AvgIpc) is 2.63. The van der Waals surface area contributed by atoms with Crippen LogP contribution in [0.3, 0.4) is 0 Å². The molecule has 0 radical (unpaired) electrons. The summed E-state index contributed by atoms with van der Waals surface area (Å²) in [6, 6.07) is 10.7. The average molecular weight is 462 g/mol. The molecule has 2 atom stereocenters. The minimum absolute atomic E-state index is 0.225. The first-order valence-electron chi connectivity index (χ1n) is 8.67. The fourth-order valence-corrected chi connectivity index (χ4v) is 4.24. The number of hydrogen-bond donors (Lipinski definition) is 2. The van der Waals surface area contributed by atoms with E-state index in [-0.39, 0.29) is 22.3 Å². The number of Topliss-reactive ketones (excluding diaryl/α,β-unsaturated/α-hetero) is 1. The molecular formula is C19H20F2O7S2. The maximum Gasteiger partial charge on any atom is 0.269 e. The van der Waals surface area contributed by atoms with Crippen LogP contribution in [-0.4, -0.2) is 45.1 Å². The van der Waals surface area contributed by atoms with Crippen molar-refractivity contribution < 1.29 is 39.5 Å². The van der Waals surface area contributed by atoms with Crippen molar-refractivity contribution in [2.45, 2.75) is 23.3 Å². The highest BCUT2D eigenvalue weighted by atomic mass is 32.2. The maximum atomic E-state index is 13.7. The summed E-state index contributed by atoms with van der Waals surface area (Å²) >= 11 is 0. The quantitative estimate of drug-likeness (QED) is 0.520. The number of hydrogen-bond acceptors (Lipinski definition) is 5. The van der Waals surface area contributed by atoms with E-state index in [0.717, 1.165) is 0 Å². The summed E-state index contributed by atoms with van der Waals surface area (Å²) in [5, 5.41) is 0. The van der Waals surface area contributed by atoms with Crippen LogP contribution in [0.1, 0.15) is 34.1 Å². The molecule has 0 fully saturated rings. The van der Waals surface area contributed by atoms with Gasteiger partial charge in [-0.25, -0.2) is 8.78 Å². The van der Waals surface area contributed by atoms with Crippen molar-refractivity contribution >= 4 is 26.0 Å². The van der Waals surface area contributed by atoms with E-state index >= 15 is 0 Å². The summed E-state index contributed by atoms with van der Waals surface area (Å²) in [6.45, 7) is -2.21. The van der Waals surface area contributed by atoms with Gasteiger partial charge in [-0.15, -0.1) is 0 Å². The molecule has 2 aromatic rings. The standard InChI is InChI=1S/C19H20F2O7S2/c20-9-17(15-5-1-13(2-6-15)11-29(23,24)25)19(22)18(10-21)16-7-3-14(4-8-16)12-30(26,27)28/h1-8,17-18H,9-12H2,(H,23,24,25)(H,26,27,28). The Morgan fingerprint density at radius 1 is 0.700 bits per heavy atom. The molecule has 0 spiro atoms. The maximum absolute atomic E-state index is 13.7. The van der Waals surface area contributed by atoms with Crippen LogP contribution < -0.4 is 0 Å². The fourth-order valence-electron chi connectivity index (χ4n) is 3.02. The van der Waals surface area contributed by atoms with Gasteiger partial charge < -0.3 is 0 Å². The molecule has 0 saturated carbocycles. The summed E-state index contributed by atoms with van der Waals surface area (Å²) in [5.74, 6) is -4.58. The smallest absolute Gasteiger partial charge is 0.269 e. The van der Waals surface area contributed by atoms with Crippen LogP contribution >= 0.6 is 0 Å². The number of benzene rings is 2.